The Morgan fingerprint density at radius 3 is 2.83 bits per heavy atom. The summed E-state index contributed by atoms with van der Waals surface area (Å²) in [7, 11) is 1.74. The van der Waals surface area contributed by atoms with Crippen LogP contribution < -0.4 is 5.32 Å². The molecule has 0 aliphatic rings. The zero-order valence-corrected chi connectivity index (χ0v) is 13.4. The van der Waals surface area contributed by atoms with Crippen molar-refractivity contribution in [2.24, 2.45) is 0 Å². The van der Waals surface area contributed by atoms with Crippen LogP contribution in [-0.2, 0) is 4.74 Å². The predicted molar refractivity (Wildman–Crippen MR) is 81.3 cm³/mol. The minimum atomic E-state index is 0.306. The summed E-state index contributed by atoms with van der Waals surface area (Å²) >= 11 is 9.75. The SMILES string of the molecule is CCCNC(CCCOC)c1ccc(Br)cc1Cl. The number of hydrogen-bond donors (Lipinski definition) is 1. The fourth-order valence-corrected chi connectivity index (χ4v) is 2.71. The van der Waals surface area contributed by atoms with Gasteiger partial charge in [0.2, 0.25) is 0 Å². The number of halogens is 2. The second kappa shape index (κ2) is 8.92. The molecule has 0 fully saturated rings. The van der Waals surface area contributed by atoms with Crippen molar-refractivity contribution in [3.05, 3.63) is 33.3 Å². The van der Waals surface area contributed by atoms with Gasteiger partial charge in [0.25, 0.3) is 0 Å². The molecule has 1 N–H and O–H groups in total. The second-order valence-corrected chi connectivity index (χ2v) is 5.63. The topological polar surface area (TPSA) is 21.3 Å². The van der Waals surface area contributed by atoms with Gasteiger partial charge in [-0.1, -0.05) is 40.5 Å². The van der Waals surface area contributed by atoms with Crippen LogP contribution in [0.4, 0.5) is 0 Å². The molecule has 1 aromatic carbocycles. The minimum absolute atomic E-state index is 0.306. The molecule has 0 amide bonds. The molecular weight excluding hydrogens is 314 g/mol. The maximum Gasteiger partial charge on any atom is 0.0465 e. The minimum Gasteiger partial charge on any atom is -0.385 e. The largest absolute Gasteiger partial charge is 0.385 e. The third-order valence-corrected chi connectivity index (χ3v) is 3.64. The quantitative estimate of drug-likeness (QED) is 0.703. The molecule has 0 spiro atoms. The molecule has 0 aromatic heterocycles. The maximum absolute atomic E-state index is 6.31. The molecule has 0 saturated carbocycles. The Morgan fingerprint density at radius 2 is 2.22 bits per heavy atom. The molecular formula is C14H21BrClNO. The molecule has 0 bridgehead atoms. The summed E-state index contributed by atoms with van der Waals surface area (Å²) in [6.45, 7) is 3.96. The Kier molecular flexibility index (Phi) is 7.91. The average molecular weight is 335 g/mol. The van der Waals surface area contributed by atoms with Crippen LogP contribution in [0.1, 0.15) is 37.8 Å². The number of rotatable bonds is 8. The van der Waals surface area contributed by atoms with Crippen molar-refractivity contribution in [3.63, 3.8) is 0 Å². The van der Waals surface area contributed by atoms with Gasteiger partial charge in [-0.15, -0.1) is 0 Å². The number of ether oxygens (including phenoxy) is 1. The Balaban J connectivity index is 2.73. The van der Waals surface area contributed by atoms with Gasteiger partial charge in [0.05, 0.1) is 0 Å². The maximum atomic E-state index is 6.31. The lowest BCUT2D eigenvalue weighted by Crippen LogP contribution is -2.22. The van der Waals surface area contributed by atoms with E-state index in [0.29, 0.717) is 6.04 Å². The normalized spacial score (nSPS) is 12.7. The third-order valence-electron chi connectivity index (χ3n) is 2.82. The molecule has 1 aromatic rings. The molecule has 0 aliphatic heterocycles. The van der Waals surface area contributed by atoms with Gasteiger partial charge < -0.3 is 10.1 Å². The van der Waals surface area contributed by atoms with Crippen LogP contribution in [0.2, 0.25) is 5.02 Å². The van der Waals surface area contributed by atoms with E-state index in [1.807, 2.05) is 12.1 Å². The van der Waals surface area contributed by atoms with Gasteiger partial charge in [-0.3, -0.25) is 0 Å². The van der Waals surface area contributed by atoms with Crippen LogP contribution in [0, 0.1) is 0 Å². The van der Waals surface area contributed by atoms with Crippen molar-refractivity contribution in [2.45, 2.75) is 32.2 Å². The van der Waals surface area contributed by atoms with Gasteiger partial charge in [0.15, 0.2) is 0 Å². The van der Waals surface area contributed by atoms with Crippen molar-refractivity contribution >= 4 is 27.5 Å². The summed E-state index contributed by atoms with van der Waals surface area (Å²) in [4.78, 5) is 0. The number of nitrogens with one attached hydrogen (secondary N) is 1. The molecule has 18 heavy (non-hydrogen) atoms. The first kappa shape index (κ1) is 16.0. The standard InChI is InChI=1S/C14H21BrClNO/c1-3-8-17-14(5-4-9-18-2)12-7-6-11(15)10-13(12)16/h6-7,10,14,17H,3-5,8-9H2,1-2H3. The van der Waals surface area contributed by atoms with E-state index in [1.165, 1.54) is 5.56 Å². The predicted octanol–water partition coefficient (Wildman–Crippen LogP) is 4.57. The number of methoxy groups -OCH3 is 1. The fraction of sp³-hybridized carbons (Fsp3) is 0.571. The van der Waals surface area contributed by atoms with E-state index in [4.69, 9.17) is 16.3 Å². The highest BCUT2D eigenvalue weighted by atomic mass is 79.9. The molecule has 4 heteroatoms. The summed E-state index contributed by atoms with van der Waals surface area (Å²) in [5, 5.41) is 4.36. The summed E-state index contributed by atoms with van der Waals surface area (Å²) in [5.41, 5.74) is 1.17. The first-order chi connectivity index (χ1) is 8.69. The second-order valence-electron chi connectivity index (χ2n) is 4.31. The molecule has 0 saturated heterocycles. The molecule has 1 unspecified atom stereocenters. The Hall–Kier alpha value is -0.0900. The fourth-order valence-electron chi connectivity index (χ4n) is 1.90. The summed E-state index contributed by atoms with van der Waals surface area (Å²) in [5.74, 6) is 0. The van der Waals surface area contributed by atoms with Crippen molar-refractivity contribution < 1.29 is 4.74 Å². The van der Waals surface area contributed by atoms with Gasteiger partial charge in [0, 0.05) is 29.3 Å². The summed E-state index contributed by atoms with van der Waals surface area (Å²) in [6.07, 6.45) is 3.19. The molecule has 102 valence electrons. The van der Waals surface area contributed by atoms with Crippen LogP contribution >= 0.6 is 27.5 Å². The van der Waals surface area contributed by atoms with E-state index in [2.05, 4.69) is 34.2 Å². The smallest absolute Gasteiger partial charge is 0.0465 e. The van der Waals surface area contributed by atoms with E-state index in [9.17, 15) is 0 Å². The van der Waals surface area contributed by atoms with Crippen LogP contribution in [0.25, 0.3) is 0 Å². The van der Waals surface area contributed by atoms with Gasteiger partial charge >= 0.3 is 0 Å². The van der Waals surface area contributed by atoms with Gasteiger partial charge in [-0.25, -0.2) is 0 Å². The number of hydrogen-bond acceptors (Lipinski definition) is 2. The van der Waals surface area contributed by atoms with E-state index < -0.39 is 0 Å². The van der Waals surface area contributed by atoms with Gasteiger partial charge in [-0.05, 0) is 43.5 Å². The number of benzene rings is 1. The highest BCUT2D eigenvalue weighted by Gasteiger charge is 2.13. The molecule has 0 aliphatic carbocycles. The van der Waals surface area contributed by atoms with Crippen LogP contribution in [0.5, 0.6) is 0 Å². The van der Waals surface area contributed by atoms with Crippen molar-refractivity contribution in [2.75, 3.05) is 20.3 Å². The van der Waals surface area contributed by atoms with E-state index in [1.54, 1.807) is 7.11 Å². The highest BCUT2D eigenvalue weighted by molar-refractivity contribution is 9.10. The molecule has 1 rings (SSSR count). The van der Waals surface area contributed by atoms with Gasteiger partial charge in [-0.2, -0.15) is 0 Å². The van der Waals surface area contributed by atoms with E-state index in [-0.39, 0.29) is 0 Å². The van der Waals surface area contributed by atoms with Gasteiger partial charge in [0.1, 0.15) is 0 Å². The summed E-state index contributed by atoms with van der Waals surface area (Å²) in [6, 6.07) is 6.39. The lowest BCUT2D eigenvalue weighted by molar-refractivity contribution is 0.188. The first-order valence-corrected chi connectivity index (χ1v) is 7.53. The van der Waals surface area contributed by atoms with Crippen LogP contribution in [0.15, 0.2) is 22.7 Å². The lowest BCUT2D eigenvalue weighted by Gasteiger charge is -2.20. The summed E-state index contributed by atoms with van der Waals surface area (Å²) < 4.78 is 6.13. The van der Waals surface area contributed by atoms with Crippen molar-refractivity contribution in [1.82, 2.24) is 5.32 Å². The molecule has 0 radical (unpaired) electrons. The zero-order chi connectivity index (χ0) is 13.4. The molecule has 2 nitrogen and oxygen atoms in total. The average Bonchev–Trinajstić information content (AvgIpc) is 2.34. The van der Waals surface area contributed by atoms with Crippen molar-refractivity contribution in [3.8, 4) is 0 Å². The molecule has 0 heterocycles. The Bertz CT molecular complexity index is 360. The third kappa shape index (κ3) is 5.27. The first-order valence-electron chi connectivity index (χ1n) is 6.36. The van der Waals surface area contributed by atoms with E-state index >= 15 is 0 Å². The van der Waals surface area contributed by atoms with E-state index in [0.717, 1.165) is 41.9 Å². The Labute approximate surface area is 123 Å². The molecule has 1 atom stereocenters. The monoisotopic (exact) mass is 333 g/mol. The zero-order valence-electron chi connectivity index (χ0n) is 11.0. The van der Waals surface area contributed by atoms with Crippen LogP contribution in [0.3, 0.4) is 0 Å². The van der Waals surface area contributed by atoms with Crippen LogP contribution in [-0.4, -0.2) is 20.3 Å². The lowest BCUT2D eigenvalue weighted by atomic mass is 10.0. The Morgan fingerprint density at radius 1 is 1.44 bits per heavy atom. The van der Waals surface area contributed by atoms with Crippen molar-refractivity contribution in [1.29, 1.82) is 0 Å². The highest BCUT2D eigenvalue weighted by Crippen LogP contribution is 2.29.